The van der Waals surface area contributed by atoms with Crippen molar-refractivity contribution in [2.75, 3.05) is 14.2 Å². The summed E-state index contributed by atoms with van der Waals surface area (Å²) < 4.78 is 10.6. The molecule has 0 saturated heterocycles. The van der Waals surface area contributed by atoms with E-state index >= 15 is 0 Å². The summed E-state index contributed by atoms with van der Waals surface area (Å²) in [5.41, 5.74) is 2.06. The van der Waals surface area contributed by atoms with Crippen molar-refractivity contribution in [1.29, 1.82) is 0 Å². The third-order valence-electron chi connectivity index (χ3n) is 4.47. The van der Waals surface area contributed by atoms with E-state index in [-0.39, 0.29) is 18.1 Å². The van der Waals surface area contributed by atoms with Crippen LogP contribution in [0, 0.1) is 5.92 Å². The highest BCUT2D eigenvalue weighted by Crippen LogP contribution is 2.30. The van der Waals surface area contributed by atoms with Gasteiger partial charge in [-0.2, -0.15) is 0 Å². The monoisotopic (exact) mass is 370 g/mol. The molecule has 2 aromatic rings. The summed E-state index contributed by atoms with van der Waals surface area (Å²) in [7, 11) is 3.20. The smallest absolute Gasteiger partial charge is 0.315 e. The number of hydrogen-bond acceptors (Lipinski definition) is 3. The lowest BCUT2D eigenvalue weighted by Crippen LogP contribution is -2.39. The van der Waals surface area contributed by atoms with Gasteiger partial charge in [0.2, 0.25) is 0 Å². The van der Waals surface area contributed by atoms with Gasteiger partial charge >= 0.3 is 6.03 Å². The normalized spacial score (nSPS) is 13.0. The van der Waals surface area contributed by atoms with Crippen LogP contribution in [0.5, 0.6) is 11.5 Å². The van der Waals surface area contributed by atoms with Crippen molar-refractivity contribution < 1.29 is 14.3 Å². The summed E-state index contributed by atoms with van der Waals surface area (Å²) in [4.78, 5) is 12.6. The summed E-state index contributed by atoms with van der Waals surface area (Å²) in [5, 5.41) is 6.12. The summed E-state index contributed by atoms with van der Waals surface area (Å²) >= 11 is 0. The second-order valence-corrected chi connectivity index (χ2v) is 7.05. The van der Waals surface area contributed by atoms with E-state index in [0.29, 0.717) is 17.4 Å². The Kier molecular flexibility index (Phi) is 7.53. The quantitative estimate of drug-likeness (QED) is 0.698. The fraction of sp³-hybridized carbons (Fsp3) is 0.409. The van der Waals surface area contributed by atoms with Crippen LogP contribution in [-0.4, -0.2) is 20.3 Å². The van der Waals surface area contributed by atoms with Gasteiger partial charge in [0, 0.05) is 0 Å². The maximum absolute atomic E-state index is 12.6. The molecule has 27 heavy (non-hydrogen) atoms. The van der Waals surface area contributed by atoms with E-state index in [0.717, 1.165) is 17.5 Å². The number of methoxy groups -OCH3 is 2. The summed E-state index contributed by atoms with van der Waals surface area (Å²) in [6.07, 6.45) is 0.877. The minimum atomic E-state index is -0.188. The van der Waals surface area contributed by atoms with Crippen molar-refractivity contribution in [1.82, 2.24) is 10.6 Å². The molecular weight excluding hydrogens is 340 g/mol. The SMILES string of the molecule is COc1ccc(C(C)NC(=O)NC(CC(C)C)c2ccccc2)cc1OC. The molecule has 0 spiro atoms. The van der Waals surface area contributed by atoms with E-state index in [4.69, 9.17) is 9.47 Å². The number of hydrogen-bond donors (Lipinski definition) is 2. The Morgan fingerprint density at radius 3 is 2.15 bits per heavy atom. The van der Waals surface area contributed by atoms with Crippen molar-refractivity contribution in [3.05, 3.63) is 59.7 Å². The molecule has 5 nitrogen and oxygen atoms in total. The highest BCUT2D eigenvalue weighted by atomic mass is 16.5. The molecule has 0 aliphatic rings. The van der Waals surface area contributed by atoms with E-state index in [2.05, 4.69) is 24.5 Å². The summed E-state index contributed by atoms with van der Waals surface area (Å²) in [6, 6.07) is 15.3. The lowest BCUT2D eigenvalue weighted by molar-refractivity contribution is 0.232. The second-order valence-electron chi connectivity index (χ2n) is 7.05. The van der Waals surface area contributed by atoms with Gasteiger partial charge in [-0.1, -0.05) is 50.2 Å². The fourth-order valence-electron chi connectivity index (χ4n) is 3.04. The molecule has 0 aromatic heterocycles. The third kappa shape index (κ3) is 5.91. The van der Waals surface area contributed by atoms with Gasteiger partial charge in [0.1, 0.15) is 0 Å². The maximum Gasteiger partial charge on any atom is 0.315 e. The first-order valence-electron chi connectivity index (χ1n) is 9.28. The molecule has 2 N–H and O–H groups in total. The largest absolute Gasteiger partial charge is 0.493 e. The Hall–Kier alpha value is -2.69. The highest BCUT2D eigenvalue weighted by molar-refractivity contribution is 5.75. The molecule has 2 unspecified atom stereocenters. The summed E-state index contributed by atoms with van der Waals surface area (Å²) in [5.74, 6) is 1.78. The van der Waals surface area contributed by atoms with E-state index < -0.39 is 0 Å². The zero-order valence-electron chi connectivity index (χ0n) is 16.8. The fourth-order valence-corrected chi connectivity index (χ4v) is 3.04. The molecule has 5 heteroatoms. The van der Waals surface area contributed by atoms with Crippen molar-refractivity contribution in [3.8, 4) is 11.5 Å². The van der Waals surface area contributed by atoms with Crippen molar-refractivity contribution in [2.45, 2.75) is 39.3 Å². The van der Waals surface area contributed by atoms with Gasteiger partial charge in [-0.25, -0.2) is 4.79 Å². The van der Waals surface area contributed by atoms with Crippen LogP contribution in [0.25, 0.3) is 0 Å². The second kappa shape index (κ2) is 9.86. The van der Waals surface area contributed by atoms with Crippen molar-refractivity contribution in [2.24, 2.45) is 5.92 Å². The Labute approximate surface area is 162 Å². The number of rotatable bonds is 8. The lowest BCUT2D eigenvalue weighted by Gasteiger charge is -2.23. The Morgan fingerprint density at radius 1 is 0.889 bits per heavy atom. The molecule has 0 bridgehead atoms. The van der Waals surface area contributed by atoms with Crippen LogP contribution in [0.4, 0.5) is 4.79 Å². The minimum Gasteiger partial charge on any atom is -0.493 e. The van der Waals surface area contributed by atoms with Crippen LogP contribution in [-0.2, 0) is 0 Å². The van der Waals surface area contributed by atoms with E-state index in [1.165, 1.54) is 0 Å². The molecule has 0 saturated carbocycles. The van der Waals surface area contributed by atoms with Crippen LogP contribution in [0.2, 0.25) is 0 Å². The Balaban J connectivity index is 2.06. The first-order chi connectivity index (χ1) is 12.9. The topological polar surface area (TPSA) is 59.6 Å². The first kappa shape index (κ1) is 20.6. The van der Waals surface area contributed by atoms with Crippen LogP contribution < -0.4 is 20.1 Å². The Bertz CT molecular complexity index is 732. The first-order valence-corrected chi connectivity index (χ1v) is 9.28. The van der Waals surface area contributed by atoms with Crippen LogP contribution >= 0.6 is 0 Å². The molecule has 0 aliphatic carbocycles. The highest BCUT2D eigenvalue weighted by Gasteiger charge is 2.18. The zero-order valence-corrected chi connectivity index (χ0v) is 16.8. The number of amides is 2. The molecule has 146 valence electrons. The molecule has 2 rings (SSSR count). The number of carbonyl (C=O) groups is 1. The number of benzene rings is 2. The van der Waals surface area contributed by atoms with E-state index in [1.807, 2.05) is 55.5 Å². The predicted octanol–water partition coefficient (Wildman–Crippen LogP) is 4.85. The van der Waals surface area contributed by atoms with Crippen LogP contribution in [0.1, 0.15) is 50.4 Å². The molecule has 2 aromatic carbocycles. The number of carbonyl (C=O) groups excluding carboxylic acids is 1. The zero-order chi connectivity index (χ0) is 19.8. The number of nitrogens with one attached hydrogen (secondary N) is 2. The molecule has 2 atom stereocenters. The minimum absolute atomic E-state index is 0.0243. The van der Waals surface area contributed by atoms with Crippen LogP contribution in [0.15, 0.2) is 48.5 Å². The van der Waals surface area contributed by atoms with Gasteiger partial charge in [0.05, 0.1) is 26.3 Å². The van der Waals surface area contributed by atoms with Gasteiger partial charge in [0.25, 0.3) is 0 Å². The van der Waals surface area contributed by atoms with E-state index in [9.17, 15) is 4.79 Å². The van der Waals surface area contributed by atoms with Gasteiger partial charge in [-0.15, -0.1) is 0 Å². The number of urea groups is 1. The number of ether oxygens (including phenoxy) is 2. The molecule has 2 amide bonds. The summed E-state index contributed by atoms with van der Waals surface area (Å²) in [6.45, 7) is 6.25. The van der Waals surface area contributed by atoms with Crippen molar-refractivity contribution >= 4 is 6.03 Å². The van der Waals surface area contributed by atoms with Gasteiger partial charge < -0.3 is 20.1 Å². The van der Waals surface area contributed by atoms with Gasteiger partial charge in [0.15, 0.2) is 11.5 Å². The van der Waals surface area contributed by atoms with Gasteiger partial charge in [-0.3, -0.25) is 0 Å². The van der Waals surface area contributed by atoms with Gasteiger partial charge in [-0.05, 0) is 42.5 Å². The van der Waals surface area contributed by atoms with E-state index in [1.54, 1.807) is 14.2 Å². The third-order valence-corrected chi connectivity index (χ3v) is 4.47. The molecule has 0 heterocycles. The maximum atomic E-state index is 12.6. The average molecular weight is 370 g/mol. The predicted molar refractivity (Wildman–Crippen MR) is 108 cm³/mol. The molecule has 0 fully saturated rings. The average Bonchev–Trinajstić information content (AvgIpc) is 2.67. The lowest BCUT2D eigenvalue weighted by atomic mass is 9.97. The molecule has 0 radical (unpaired) electrons. The standard InChI is InChI=1S/C22H30N2O3/c1-15(2)13-19(17-9-7-6-8-10-17)24-22(25)23-16(3)18-11-12-20(26-4)21(14-18)27-5/h6-12,14-16,19H,13H2,1-5H3,(H2,23,24,25). The van der Waals surface area contributed by atoms with Crippen LogP contribution in [0.3, 0.4) is 0 Å². The molecule has 0 aliphatic heterocycles. The molecular formula is C22H30N2O3. The van der Waals surface area contributed by atoms with Crippen molar-refractivity contribution in [3.63, 3.8) is 0 Å². The Morgan fingerprint density at radius 2 is 1.56 bits per heavy atom.